The Bertz CT molecular complexity index is 701. The highest BCUT2D eigenvalue weighted by Crippen LogP contribution is 2.31. The fourth-order valence-corrected chi connectivity index (χ4v) is 2.25. The van der Waals surface area contributed by atoms with Gasteiger partial charge in [0.2, 0.25) is 0 Å². The zero-order valence-electron chi connectivity index (χ0n) is 10.9. The molecule has 0 aliphatic rings. The third-order valence-corrected chi connectivity index (χ3v) is 3.31. The van der Waals surface area contributed by atoms with E-state index in [1.807, 2.05) is 0 Å². The van der Waals surface area contributed by atoms with Crippen LogP contribution in [-0.2, 0) is 0 Å². The molecule has 0 atom stereocenters. The van der Waals surface area contributed by atoms with Crippen LogP contribution >= 0.6 is 0 Å². The summed E-state index contributed by atoms with van der Waals surface area (Å²) >= 11 is 0. The monoisotopic (exact) mass is 273 g/mol. The molecule has 0 N–H and O–H groups in total. The first-order valence-corrected chi connectivity index (χ1v) is 6.36. The van der Waals surface area contributed by atoms with Gasteiger partial charge in [0.25, 0.3) is 0 Å². The summed E-state index contributed by atoms with van der Waals surface area (Å²) in [5.74, 6) is 0. The van der Waals surface area contributed by atoms with E-state index in [9.17, 15) is 0 Å². The zero-order chi connectivity index (χ0) is 14.1. The van der Waals surface area contributed by atoms with Crippen molar-refractivity contribution in [3.8, 4) is 33.4 Å². The van der Waals surface area contributed by atoms with E-state index in [0.717, 1.165) is 33.4 Å². The quantitative estimate of drug-likeness (QED) is 0.565. The molecule has 4 aromatic rings. The van der Waals surface area contributed by atoms with E-state index in [1.54, 1.807) is 37.2 Å². The highest BCUT2D eigenvalue weighted by Gasteiger charge is 2.05. The van der Waals surface area contributed by atoms with Gasteiger partial charge in [0.1, 0.15) is 0 Å². The average Bonchev–Trinajstić information content (AvgIpc) is 3.29. The van der Waals surface area contributed by atoms with E-state index in [1.165, 1.54) is 0 Å². The summed E-state index contributed by atoms with van der Waals surface area (Å²) in [5.41, 5.74) is 6.02. The number of aromatic nitrogens is 6. The lowest BCUT2D eigenvalue weighted by molar-refractivity contribution is 1.06. The van der Waals surface area contributed by atoms with Crippen molar-refractivity contribution in [2.45, 2.75) is 0 Å². The third kappa shape index (κ3) is 2.12. The van der Waals surface area contributed by atoms with Crippen molar-refractivity contribution in [3.05, 3.63) is 55.4 Å². The van der Waals surface area contributed by atoms with Gasteiger partial charge in [0.15, 0.2) is 0 Å². The molecule has 0 saturated heterocycles. The van der Waals surface area contributed by atoms with Gasteiger partial charge in [0.05, 0.1) is 0 Å². The van der Waals surface area contributed by atoms with Crippen molar-refractivity contribution in [1.29, 1.82) is 0 Å². The molecule has 0 saturated carbocycles. The molecule has 0 aliphatic heterocycles. The first-order valence-electron chi connectivity index (χ1n) is 6.36. The maximum Gasteiger partial charge on any atom is 0.00987 e. The maximum atomic E-state index is 3.88. The smallest absolute Gasteiger partial charge is 0.00987 e. The highest BCUT2D eigenvalue weighted by atomic mass is 15.1. The van der Waals surface area contributed by atoms with Crippen molar-refractivity contribution in [2.24, 2.45) is 0 Å². The largest absolute Gasteiger partial charge is 0.581 e. The van der Waals surface area contributed by atoms with E-state index in [4.69, 9.17) is 0 Å². The summed E-state index contributed by atoms with van der Waals surface area (Å²) in [5, 5.41) is 23.3. The predicted molar refractivity (Wildman–Crippen MR) is 76.1 cm³/mol. The molecule has 0 amide bonds. The van der Waals surface area contributed by atoms with Crippen LogP contribution in [0.5, 0.6) is 0 Å². The third-order valence-electron chi connectivity index (χ3n) is 3.31. The van der Waals surface area contributed by atoms with Gasteiger partial charge in [-0.05, 0) is 51.6 Å². The minimum absolute atomic E-state index is 0.970. The first kappa shape index (κ1) is 11.7. The minimum Gasteiger partial charge on any atom is -0.581 e. The van der Waals surface area contributed by atoms with Gasteiger partial charge < -0.3 is 30.6 Å². The van der Waals surface area contributed by atoms with Crippen molar-refractivity contribution in [3.63, 3.8) is 0 Å². The average molecular weight is 273 g/mol. The molecular weight excluding hydrogens is 264 g/mol. The molecule has 102 valence electrons. The Balaban J connectivity index is 1.92. The molecular formula is C15H9N6-3. The summed E-state index contributed by atoms with van der Waals surface area (Å²) in [6.45, 7) is 0. The van der Waals surface area contributed by atoms with Gasteiger partial charge in [-0.3, -0.25) is 0 Å². The summed E-state index contributed by atoms with van der Waals surface area (Å²) in [7, 11) is 0. The number of hydrogen-bond donors (Lipinski definition) is 0. The normalized spacial score (nSPS) is 10.9. The summed E-state index contributed by atoms with van der Waals surface area (Å²) in [6.07, 6.45) is 10.5. The fourth-order valence-electron chi connectivity index (χ4n) is 2.25. The van der Waals surface area contributed by atoms with Crippen LogP contribution in [-0.4, -0.2) is 15.3 Å². The number of benzene rings is 1. The summed E-state index contributed by atoms with van der Waals surface area (Å²) in [4.78, 5) is 0. The van der Waals surface area contributed by atoms with Crippen LogP contribution in [0.4, 0.5) is 0 Å². The Morgan fingerprint density at radius 2 is 0.810 bits per heavy atom. The lowest BCUT2D eigenvalue weighted by Gasteiger charge is -2.09. The standard InChI is InChI=1S/C15H9N6/c1-10(13-4-16-17-5-13)2-12(15-8-20-21-9-15)3-11(1)14-6-18-19-7-14/h1-9H/q-3. The van der Waals surface area contributed by atoms with Crippen LogP contribution in [0.2, 0.25) is 0 Å². The van der Waals surface area contributed by atoms with Crippen LogP contribution in [0.15, 0.2) is 55.4 Å². The van der Waals surface area contributed by atoms with E-state index < -0.39 is 0 Å². The molecule has 0 bridgehead atoms. The molecule has 0 unspecified atom stereocenters. The van der Waals surface area contributed by atoms with E-state index in [0.29, 0.717) is 0 Å². The number of nitrogens with zero attached hydrogens (tertiary/aromatic N) is 6. The second kappa shape index (κ2) is 4.75. The topological polar surface area (TPSA) is 81.0 Å². The molecule has 3 aromatic heterocycles. The lowest BCUT2D eigenvalue weighted by atomic mass is 9.97. The lowest BCUT2D eigenvalue weighted by Crippen LogP contribution is -1.83. The van der Waals surface area contributed by atoms with E-state index in [-0.39, 0.29) is 0 Å². The predicted octanol–water partition coefficient (Wildman–Crippen LogP) is 1.74. The Morgan fingerprint density at radius 3 is 1.05 bits per heavy atom. The van der Waals surface area contributed by atoms with Crippen molar-refractivity contribution < 1.29 is 0 Å². The molecule has 0 radical (unpaired) electrons. The van der Waals surface area contributed by atoms with E-state index >= 15 is 0 Å². The second-order valence-electron chi connectivity index (χ2n) is 4.63. The van der Waals surface area contributed by atoms with Crippen LogP contribution in [0, 0.1) is 0 Å². The van der Waals surface area contributed by atoms with Gasteiger partial charge >= 0.3 is 0 Å². The highest BCUT2D eigenvalue weighted by molar-refractivity contribution is 5.80. The SMILES string of the molecule is c1n[n-]cc1-c1cc(-c2cn[n-]c2)cc(-c2cn[n-]c2)c1. The number of hydrogen-bond acceptors (Lipinski definition) is 3. The minimum atomic E-state index is 0.970. The molecule has 0 fully saturated rings. The van der Waals surface area contributed by atoms with Gasteiger partial charge in [-0.25, -0.2) is 0 Å². The van der Waals surface area contributed by atoms with Crippen molar-refractivity contribution >= 4 is 0 Å². The first-order chi connectivity index (χ1) is 10.4. The van der Waals surface area contributed by atoms with Crippen LogP contribution in [0.25, 0.3) is 33.4 Å². The zero-order valence-corrected chi connectivity index (χ0v) is 10.9. The van der Waals surface area contributed by atoms with Gasteiger partial charge in [-0.1, -0.05) is 0 Å². The van der Waals surface area contributed by atoms with Crippen molar-refractivity contribution in [2.75, 3.05) is 0 Å². The Kier molecular flexibility index (Phi) is 2.64. The molecule has 1 aromatic carbocycles. The summed E-state index contributed by atoms with van der Waals surface area (Å²) < 4.78 is 0. The van der Waals surface area contributed by atoms with Gasteiger partial charge in [0, 0.05) is 18.6 Å². The molecule has 0 aliphatic carbocycles. The summed E-state index contributed by atoms with van der Waals surface area (Å²) in [6, 6.07) is 6.22. The van der Waals surface area contributed by atoms with E-state index in [2.05, 4.69) is 48.8 Å². The van der Waals surface area contributed by atoms with Gasteiger partial charge in [-0.2, -0.15) is 18.6 Å². The second-order valence-corrected chi connectivity index (χ2v) is 4.63. The van der Waals surface area contributed by atoms with Gasteiger partial charge in [-0.15, -0.1) is 0 Å². The Labute approximate surface area is 120 Å². The van der Waals surface area contributed by atoms with Crippen molar-refractivity contribution in [1.82, 2.24) is 30.6 Å². The Hall–Kier alpha value is -3.15. The molecule has 21 heavy (non-hydrogen) atoms. The molecule has 6 heteroatoms. The fraction of sp³-hybridized carbons (Fsp3) is 0. The maximum absolute atomic E-state index is 3.88. The molecule has 3 heterocycles. The van der Waals surface area contributed by atoms with Crippen LogP contribution < -0.4 is 15.3 Å². The van der Waals surface area contributed by atoms with Crippen LogP contribution in [0.1, 0.15) is 0 Å². The molecule has 4 rings (SSSR count). The molecule has 0 spiro atoms. The van der Waals surface area contributed by atoms with Crippen LogP contribution in [0.3, 0.4) is 0 Å². The Morgan fingerprint density at radius 1 is 0.476 bits per heavy atom. The number of rotatable bonds is 3. The molecule has 6 nitrogen and oxygen atoms in total.